The number of aromatic nitrogens is 4. The summed E-state index contributed by atoms with van der Waals surface area (Å²) in [5, 5.41) is 5.52. The van der Waals surface area contributed by atoms with Gasteiger partial charge < -0.3 is 15.2 Å². The molecule has 0 atom stereocenters. The molecule has 0 spiro atoms. The van der Waals surface area contributed by atoms with Crippen molar-refractivity contribution in [2.75, 3.05) is 5.32 Å². The molecule has 10 nitrogen and oxygen atoms in total. The SMILES string of the molecule is Cn1cnc2c1c(=O)n(CC(=O)Nc1cccc(C(=O)NC3CC3)c1)c(=O)n2C. The first-order chi connectivity index (χ1) is 13.8. The zero-order valence-electron chi connectivity index (χ0n) is 16.0. The topological polar surface area (TPSA) is 120 Å². The molecule has 0 unspecified atom stereocenters. The summed E-state index contributed by atoms with van der Waals surface area (Å²) in [6.45, 7) is -0.453. The molecule has 29 heavy (non-hydrogen) atoms. The summed E-state index contributed by atoms with van der Waals surface area (Å²) >= 11 is 0. The minimum Gasteiger partial charge on any atom is -0.349 e. The molecule has 0 radical (unpaired) electrons. The van der Waals surface area contributed by atoms with E-state index in [9.17, 15) is 19.2 Å². The van der Waals surface area contributed by atoms with Crippen LogP contribution in [-0.4, -0.2) is 36.5 Å². The van der Waals surface area contributed by atoms with Crippen LogP contribution in [0, 0.1) is 0 Å². The summed E-state index contributed by atoms with van der Waals surface area (Å²) < 4.78 is 3.60. The van der Waals surface area contributed by atoms with E-state index in [-0.39, 0.29) is 23.1 Å². The van der Waals surface area contributed by atoms with Gasteiger partial charge in [0, 0.05) is 31.4 Å². The molecule has 2 heterocycles. The second-order valence-electron chi connectivity index (χ2n) is 7.14. The molecule has 3 aromatic rings. The highest BCUT2D eigenvalue weighted by Gasteiger charge is 2.24. The van der Waals surface area contributed by atoms with E-state index in [1.165, 1.54) is 22.5 Å². The van der Waals surface area contributed by atoms with Crippen LogP contribution in [0.15, 0.2) is 40.2 Å². The molecule has 150 valence electrons. The molecule has 2 aromatic heterocycles. The Labute approximate surface area is 164 Å². The predicted octanol–water partition coefficient (Wildman–Crippen LogP) is -0.0354. The molecular weight excluding hydrogens is 376 g/mol. The molecule has 2 amide bonds. The van der Waals surface area contributed by atoms with Gasteiger partial charge in [-0.1, -0.05) is 6.07 Å². The first-order valence-corrected chi connectivity index (χ1v) is 9.17. The third kappa shape index (κ3) is 3.56. The Balaban J connectivity index is 1.56. The van der Waals surface area contributed by atoms with Crippen molar-refractivity contribution >= 4 is 28.7 Å². The minimum atomic E-state index is -0.631. The zero-order chi connectivity index (χ0) is 20.7. The fourth-order valence-corrected chi connectivity index (χ4v) is 3.11. The van der Waals surface area contributed by atoms with Gasteiger partial charge in [0.05, 0.1) is 6.33 Å². The number of rotatable bonds is 5. The third-order valence-electron chi connectivity index (χ3n) is 4.82. The third-order valence-corrected chi connectivity index (χ3v) is 4.82. The van der Waals surface area contributed by atoms with Crippen molar-refractivity contribution < 1.29 is 9.59 Å². The maximum atomic E-state index is 12.7. The first kappa shape index (κ1) is 18.7. The number of hydrogen-bond acceptors (Lipinski definition) is 5. The fourth-order valence-electron chi connectivity index (χ4n) is 3.11. The van der Waals surface area contributed by atoms with Crippen molar-refractivity contribution in [2.24, 2.45) is 14.1 Å². The van der Waals surface area contributed by atoms with Gasteiger partial charge in [-0.05, 0) is 31.0 Å². The quantitative estimate of drug-likeness (QED) is 0.627. The maximum absolute atomic E-state index is 12.7. The zero-order valence-corrected chi connectivity index (χ0v) is 16.0. The molecule has 1 fully saturated rings. The Morgan fingerprint density at radius 1 is 1.21 bits per heavy atom. The second-order valence-corrected chi connectivity index (χ2v) is 7.14. The molecule has 0 bridgehead atoms. The molecular formula is C19H20N6O4. The average molecular weight is 396 g/mol. The molecule has 1 aliphatic carbocycles. The van der Waals surface area contributed by atoms with Gasteiger partial charge in [-0.15, -0.1) is 0 Å². The van der Waals surface area contributed by atoms with Crippen molar-refractivity contribution in [1.82, 2.24) is 24.0 Å². The van der Waals surface area contributed by atoms with Crippen molar-refractivity contribution in [3.05, 3.63) is 57.0 Å². The number of imidazole rings is 1. The number of benzene rings is 1. The lowest BCUT2D eigenvalue weighted by atomic mass is 10.2. The highest BCUT2D eigenvalue weighted by molar-refractivity contribution is 5.97. The van der Waals surface area contributed by atoms with E-state index >= 15 is 0 Å². The van der Waals surface area contributed by atoms with Crippen LogP contribution in [-0.2, 0) is 25.4 Å². The normalized spacial score (nSPS) is 13.4. The predicted molar refractivity (Wildman–Crippen MR) is 106 cm³/mol. The number of fused-ring (bicyclic) bond motifs is 1. The summed E-state index contributed by atoms with van der Waals surface area (Å²) in [4.78, 5) is 53.9. The summed E-state index contributed by atoms with van der Waals surface area (Å²) in [6, 6.07) is 6.73. The van der Waals surface area contributed by atoms with Crippen LogP contribution in [0.3, 0.4) is 0 Å². The Bertz CT molecular complexity index is 1250. The lowest BCUT2D eigenvalue weighted by Crippen LogP contribution is -2.42. The Morgan fingerprint density at radius 2 is 1.97 bits per heavy atom. The molecule has 1 aromatic carbocycles. The molecule has 1 aliphatic rings. The van der Waals surface area contributed by atoms with Crippen molar-refractivity contribution in [1.29, 1.82) is 0 Å². The van der Waals surface area contributed by atoms with Gasteiger partial charge in [0.1, 0.15) is 6.54 Å². The van der Waals surface area contributed by atoms with Crippen molar-refractivity contribution in [2.45, 2.75) is 25.4 Å². The van der Waals surface area contributed by atoms with Crippen LogP contribution < -0.4 is 21.9 Å². The highest BCUT2D eigenvalue weighted by Crippen LogP contribution is 2.20. The second kappa shape index (κ2) is 7.04. The van der Waals surface area contributed by atoms with E-state index in [1.807, 2.05) is 0 Å². The molecule has 1 saturated carbocycles. The lowest BCUT2D eigenvalue weighted by Gasteiger charge is -2.10. The lowest BCUT2D eigenvalue weighted by molar-refractivity contribution is -0.116. The van der Waals surface area contributed by atoms with Crippen LogP contribution in [0.25, 0.3) is 11.2 Å². The number of hydrogen-bond donors (Lipinski definition) is 2. The molecule has 0 saturated heterocycles. The van der Waals surface area contributed by atoms with Crippen LogP contribution in [0.2, 0.25) is 0 Å². The van der Waals surface area contributed by atoms with Crippen LogP contribution >= 0.6 is 0 Å². The molecule has 2 N–H and O–H groups in total. The van der Waals surface area contributed by atoms with Gasteiger partial charge in [0.15, 0.2) is 11.2 Å². The number of anilines is 1. The smallest absolute Gasteiger partial charge is 0.332 e. The Morgan fingerprint density at radius 3 is 2.69 bits per heavy atom. The Hall–Kier alpha value is -3.69. The minimum absolute atomic E-state index is 0.199. The number of aryl methyl sites for hydroxylation is 2. The summed E-state index contributed by atoms with van der Waals surface area (Å²) in [5.41, 5.74) is 0.112. The van der Waals surface area contributed by atoms with Crippen LogP contribution in [0.1, 0.15) is 23.2 Å². The van der Waals surface area contributed by atoms with Gasteiger partial charge in [-0.3, -0.25) is 19.0 Å². The van der Waals surface area contributed by atoms with Gasteiger partial charge in [-0.25, -0.2) is 14.3 Å². The number of nitrogens with zero attached hydrogens (tertiary/aromatic N) is 4. The molecule has 0 aliphatic heterocycles. The van der Waals surface area contributed by atoms with Crippen LogP contribution in [0.4, 0.5) is 5.69 Å². The van der Waals surface area contributed by atoms with Gasteiger partial charge in [0.2, 0.25) is 5.91 Å². The summed E-state index contributed by atoms with van der Waals surface area (Å²) in [6.07, 6.45) is 3.40. The number of carbonyl (C=O) groups is 2. The monoisotopic (exact) mass is 396 g/mol. The number of amides is 2. The molecule has 10 heteroatoms. The van der Waals surface area contributed by atoms with E-state index in [0.29, 0.717) is 11.3 Å². The van der Waals surface area contributed by atoms with Gasteiger partial charge in [-0.2, -0.15) is 0 Å². The van der Waals surface area contributed by atoms with E-state index in [2.05, 4.69) is 15.6 Å². The number of carbonyl (C=O) groups excluding carboxylic acids is 2. The van der Waals surface area contributed by atoms with Gasteiger partial charge >= 0.3 is 5.69 Å². The van der Waals surface area contributed by atoms with Gasteiger partial charge in [0.25, 0.3) is 11.5 Å². The van der Waals surface area contributed by atoms with Crippen LogP contribution in [0.5, 0.6) is 0 Å². The van der Waals surface area contributed by atoms with E-state index in [0.717, 1.165) is 17.4 Å². The largest absolute Gasteiger partial charge is 0.349 e. The Kier molecular flexibility index (Phi) is 4.53. The standard InChI is InChI=1S/C19H20N6O4/c1-23-10-20-16-15(23)18(28)25(19(29)24(16)2)9-14(26)21-13-5-3-4-11(8-13)17(27)22-12-6-7-12/h3-5,8,10,12H,6-7,9H2,1-2H3,(H,21,26)(H,22,27). The fraction of sp³-hybridized carbons (Fsp3) is 0.316. The van der Waals surface area contributed by atoms with Crippen molar-refractivity contribution in [3.63, 3.8) is 0 Å². The van der Waals surface area contributed by atoms with E-state index in [1.54, 1.807) is 31.3 Å². The summed E-state index contributed by atoms with van der Waals surface area (Å²) in [7, 11) is 3.14. The first-order valence-electron chi connectivity index (χ1n) is 9.17. The van der Waals surface area contributed by atoms with E-state index in [4.69, 9.17) is 0 Å². The van der Waals surface area contributed by atoms with Crippen molar-refractivity contribution in [3.8, 4) is 0 Å². The molecule has 4 rings (SSSR count). The maximum Gasteiger partial charge on any atom is 0.332 e. The highest BCUT2D eigenvalue weighted by atomic mass is 16.2. The van der Waals surface area contributed by atoms with E-state index < -0.39 is 23.7 Å². The average Bonchev–Trinajstić information content (AvgIpc) is 3.42. The number of nitrogens with one attached hydrogen (secondary N) is 2. The summed E-state index contributed by atoms with van der Waals surface area (Å²) in [5.74, 6) is -0.749.